The van der Waals surface area contributed by atoms with Crippen LogP contribution in [0.4, 0.5) is 0 Å². The Morgan fingerprint density at radius 2 is 1.21 bits per heavy atom. The smallest absolute Gasteiger partial charge is 0.265 e. The van der Waals surface area contributed by atoms with E-state index < -0.39 is 34.8 Å². The van der Waals surface area contributed by atoms with Crippen molar-refractivity contribution in [3.63, 3.8) is 0 Å². The van der Waals surface area contributed by atoms with Crippen molar-refractivity contribution in [1.29, 1.82) is 0 Å². The minimum absolute atomic E-state index is 0.0416. The Kier molecular flexibility index (Phi) is 6.14. The van der Waals surface area contributed by atoms with Crippen LogP contribution in [0.2, 0.25) is 10.0 Å². The molecule has 8 heteroatoms. The van der Waals surface area contributed by atoms with Crippen LogP contribution in [0.15, 0.2) is 84.3 Å². The zero-order chi connectivity index (χ0) is 23.7. The molecule has 4 rings (SSSR count). The highest BCUT2D eigenvalue weighted by atomic mass is 35.5. The topological polar surface area (TPSA) is 80.8 Å². The normalized spacial score (nSPS) is 12.9. The lowest BCUT2D eigenvalue weighted by Gasteiger charge is -2.28. The molecule has 0 N–H and O–H groups in total. The molecule has 33 heavy (non-hydrogen) atoms. The Hall–Kier alpha value is -3.74. The Labute approximate surface area is 199 Å². The second kappa shape index (κ2) is 9.02. The van der Waals surface area contributed by atoms with Crippen molar-refractivity contribution < 1.29 is 23.9 Å². The van der Waals surface area contributed by atoms with Gasteiger partial charge in [-0.25, -0.2) is 4.90 Å². The molecule has 164 valence electrons. The third-order valence-corrected chi connectivity index (χ3v) is 5.50. The van der Waals surface area contributed by atoms with Gasteiger partial charge in [0, 0.05) is 32.3 Å². The molecule has 0 heterocycles. The highest BCUT2D eigenvalue weighted by Crippen LogP contribution is 2.31. The van der Waals surface area contributed by atoms with Crippen LogP contribution in [0, 0.1) is 0 Å². The van der Waals surface area contributed by atoms with E-state index in [4.69, 9.17) is 27.9 Å². The number of benzene rings is 3. The van der Waals surface area contributed by atoms with Gasteiger partial charge in [0.2, 0.25) is 11.6 Å². The van der Waals surface area contributed by atoms with Gasteiger partial charge < -0.3 is 4.74 Å². The summed E-state index contributed by atoms with van der Waals surface area (Å²) in [6, 6.07) is 17.9. The van der Waals surface area contributed by atoms with Gasteiger partial charge in [-0.3, -0.25) is 19.2 Å². The van der Waals surface area contributed by atoms with E-state index in [-0.39, 0.29) is 32.3 Å². The molecule has 0 saturated heterocycles. The van der Waals surface area contributed by atoms with Crippen molar-refractivity contribution in [2.24, 2.45) is 0 Å². The third kappa shape index (κ3) is 4.06. The summed E-state index contributed by atoms with van der Waals surface area (Å²) in [5.74, 6) is -3.44. The van der Waals surface area contributed by atoms with E-state index in [2.05, 4.69) is 0 Å². The molecular weight excluding hydrogens is 465 g/mol. The number of rotatable bonds is 4. The number of allylic oxidation sites excluding steroid dienone is 2. The molecule has 0 unspecified atom stereocenters. The maximum Gasteiger partial charge on any atom is 0.265 e. The Morgan fingerprint density at radius 3 is 1.67 bits per heavy atom. The van der Waals surface area contributed by atoms with E-state index in [9.17, 15) is 19.2 Å². The van der Waals surface area contributed by atoms with Gasteiger partial charge in [-0.1, -0.05) is 59.6 Å². The van der Waals surface area contributed by atoms with Crippen LogP contribution < -0.4 is 0 Å². The van der Waals surface area contributed by atoms with Crippen LogP contribution in [0.5, 0.6) is 0 Å². The van der Waals surface area contributed by atoms with Gasteiger partial charge >= 0.3 is 0 Å². The first kappa shape index (κ1) is 22.5. The Bertz CT molecular complexity index is 1300. The molecule has 3 aromatic rings. The minimum atomic E-state index is -0.854. The average Bonchev–Trinajstić information content (AvgIpc) is 2.82. The molecule has 1 aliphatic rings. The summed E-state index contributed by atoms with van der Waals surface area (Å²) < 4.78 is 5.25. The first-order chi connectivity index (χ1) is 15.8. The molecule has 0 saturated carbocycles. The van der Waals surface area contributed by atoms with E-state index in [0.29, 0.717) is 4.90 Å². The number of fused-ring (bicyclic) bond motifs is 1. The van der Waals surface area contributed by atoms with Crippen molar-refractivity contribution in [1.82, 2.24) is 4.90 Å². The lowest BCUT2D eigenvalue weighted by molar-refractivity contribution is 0.0624. The maximum atomic E-state index is 13.6. The predicted octanol–water partition coefficient (Wildman–Crippen LogP) is 5.21. The number of ether oxygens (including phenoxy) is 1. The first-order valence-corrected chi connectivity index (χ1v) is 10.5. The largest absolute Gasteiger partial charge is 0.491 e. The summed E-state index contributed by atoms with van der Waals surface area (Å²) in [5, 5.41) is 0.515. The molecule has 0 atom stereocenters. The van der Waals surface area contributed by atoms with Crippen LogP contribution in [-0.2, 0) is 4.74 Å². The monoisotopic (exact) mass is 479 g/mol. The van der Waals surface area contributed by atoms with E-state index >= 15 is 0 Å². The SMILES string of the molecule is COC1=C(N(C(=O)c2cccc(Cl)c2)C(=O)c2cccc(Cl)c2)C(=O)c2ccccc2C1=O. The molecule has 1 aliphatic carbocycles. The number of ketones is 2. The molecule has 0 radical (unpaired) electrons. The number of imide groups is 1. The Morgan fingerprint density at radius 1 is 0.727 bits per heavy atom. The molecule has 0 bridgehead atoms. The van der Waals surface area contributed by atoms with Crippen molar-refractivity contribution in [3.8, 4) is 0 Å². The lowest BCUT2D eigenvalue weighted by atomic mass is 9.90. The predicted molar refractivity (Wildman–Crippen MR) is 123 cm³/mol. The number of halogens is 2. The van der Waals surface area contributed by atoms with Gasteiger partial charge in [-0.15, -0.1) is 0 Å². The summed E-state index contributed by atoms with van der Waals surface area (Å²) in [5.41, 5.74) is -0.217. The number of Topliss-reactive ketones (excluding diaryl/α,β-unsaturated/α-hetero) is 2. The standard InChI is InChI=1S/C25H15Cl2NO5/c1-33-23-20(21(29)18-10-2-3-11-19(18)22(23)30)28(24(31)14-6-4-8-16(26)12-14)25(32)15-7-5-9-17(27)13-15/h2-13H,1H3. The van der Waals surface area contributed by atoms with Gasteiger partial charge in [-0.2, -0.15) is 0 Å². The van der Waals surface area contributed by atoms with Crippen molar-refractivity contribution in [3.05, 3.63) is 117 Å². The molecule has 0 aliphatic heterocycles. The lowest BCUT2D eigenvalue weighted by Crippen LogP contribution is -2.42. The summed E-state index contributed by atoms with van der Waals surface area (Å²) in [4.78, 5) is 54.4. The number of hydrogen-bond donors (Lipinski definition) is 0. The summed E-state index contributed by atoms with van der Waals surface area (Å²) in [7, 11) is 1.19. The van der Waals surface area contributed by atoms with Gasteiger partial charge in [0.25, 0.3) is 11.8 Å². The highest BCUT2D eigenvalue weighted by Gasteiger charge is 2.41. The quantitative estimate of drug-likeness (QED) is 0.479. The van der Waals surface area contributed by atoms with Gasteiger partial charge in [0.15, 0.2) is 5.76 Å². The molecular formula is C25H15Cl2NO5. The highest BCUT2D eigenvalue weighted by molar-refractivity contribution is 6.32. The zero-order valence-electron chi connectivity index (χ0n) is 17.2. The van der Waals surface area contributed by atoms with Gasteiger partial charge in [0.05, 0.1) is 7.11 Å². The molecule has 3 aromatic carbocycles. The number of carbonyl (C=O) groups excluding carboxylic acids is 4. The van der Waals surface area contributed by atoms with E-state index in [1.165, 1.54) is 55.6 Å². The van der Waals surface area contributed by atoms with E-state index in [0.717, 1.165) is 0 Å². The van der Waals surface area contributed by atoms with Crippen molar-refractivity contribution in [2.75, 3.05) is 7.11 Å². The summed E-state index contributed by atoms with van der Waals surface area (Å²) in [6.07, 6.45) is 0. The molecule has 0 spiro atoms. The van der Waals surface area contributed by atoms with Crippen molar-refractivity contribution in [2.45, 2.75) is 0 Å². The number of nitrogens with zero attached hydrogens (tertiary/aromatic N) is 1. The summed E-state index contributed by atoms with van der Waals surface area (Å²) >= 11 is 12.1. The third-order valence-electron chi connectivity index (χ3n) is 5.03. The second-order valence-electron chi connectivity index (χ2n) is 7.05. The second-order valence-corrected chi connectivity index (χ2v) is 7.92. The fourth-order valence-corrected chi connectivity index (χ4v) is 3.91. The average molecular weight is 480 g/mol. The van der Waals surface area contributed by atoms with E-state index in [1.807, 2.05) is 0 Å². The zero-order valence-corrected chi connectivity index (χ0v) is 18.7. The molecule has 2 amide bonds. The maximum absolute atomic E-state index is 13.6. The van der Waals surface area contributed by atoms with E-state index in [1.54, 1.807) is 24.3 Å². The first-order valence-electron chi connectivity index (χ1n) is 9.70. The fourth-order valence-electron chi connectivity index (χ4n) is 3.53. The van der Waals surface area contributed by atoms with Gasteiger partial charge in [-0.05, 0) is 36.4 Å². The van der Waals surface area contributed by atoms with Crippen LogP contribution in [0.1, 0.15) is 41.4 Å². The Balaban J connectivity index is 1.96. The summed E-state index contributed by atoms with van der Waals surface area (Å²) in [6.45, 7) is 0. The van der Waals surface area contributed by atoms with Crippen LogP contribution in [0.25, 0.3) is 0 Å². The number of methoxy groups -OCH3 is 1. The molecule has 0 fully saturated rings. The number of hydrogen-bond acceptors (Lipinski definition) is 5. The molecule has 6 nitrogen and oxygen atoms in total. The van der Waals surface area contributed by atoms with Crippen LogP contribution in [0.3, 0.4) is 0 Å². The molecule has 0 aromatic heterocycles. The van der Waals surface area contributed by atoms with Crippen LogP contribution in [-0.4, -0.2) is 35.4 Å². The minimum Gasteiger partial charge on any atom is -0.491 e. The number of amides is 2. The fraction of sp³-hybridized carbons (Fsp3) is 0.0400. The van der Waals surface area contributed by atoms with Crippen LogP contribution >= 0.6 is 23.2 Å². The number of carbonyl (C=O) groups is 4. The van der Waals surface area contributed by atoms with Gasteiger partial charge in [0.1, 0.15) is 5.70 Å². The van der Waals surface area contributed by atoms with Crippen molar-refractivity contribution >= 4 is 46.6 Å².